The molecule has 0 saturated heterocycles. The number of benzene rings is 1. The first-order chi connectivity index (χ1) is 9.62. The number of nitrogen functional groups attached to an aromatic ring is 1. The highest BCUT2D eigenvalue weighted by molar-refractivity contribution is 5.70. The number of rotatable bonds is 5. The molecule has 2 aromatic rings. The molecule has 0 fully saturated rings. The molecule has 0 aliphatic carbocycles. The first-order valence-electron chi connectivity index (χ1n) is 6.44. The van der Waals surface area contributed by atoms with Crippen LogP contribution in [0.25, 0.3) is 5.69 Å². The molecule has 1 aromatic heterocycles. The van der Waals surface area contributed by atoms with E-state index in [1.54, 1.807) is 22.9 Å². The smallest absolute Gasteiger partial charge is 0.318 e. The molecule has 20 heavy (non-hydrogen) atoms. The highest BCUT2D eigenvalue weighted by Crippen LogP contribution is 2.31. The third-order valence-electron chi connectivity index (χ3n) is 3.14. The van der Waals surface area contributed by atoms with E-state index in [1.165, 1.54) is 0 Å². The van der Waals surface area contributed by atoms with Crippen molar-refractivity contribution in [1.29, 1.82) is 0 Å². The summed E-state index contributed by atoms with van der Waals surface area (Å²) in [7, 11) is 0. The highest BCUT2D eigenvalue weighted by atomic mass is 16.6. The number of para-hydroxylation sites is 1. The summed E-state index contributed by atoms with van der Waals surface area (Å²) in [5, 5.41) is 15.8. The highest BCUT2D eigenvalue weighted by Gasteiger charge is 2.22. The van der Waals surface area contributed by atoms with E-state index in [1.807, 2.05) is 19.9 Å². The molecule has 0 radical (unpaired) electrons. The van der Waals surface area contributed by atoms with Crippen molar-refractivity contribution >= 4 is 11.4 Å². The molecule has 2 rings (SSSR count). The van der Waals surface area contributed by atoms with Gasteiger partial charge in [-0.05, 0) is 31.0 Å². The van der Waals surface area contributed by atoms with Crippen LogP contribution in [-0.2, 0) is 12.8 Å². The Kier molecular flexibility index (Phi) is 3.99. The quantitative estimate of drug-likeness (QED) is 0.495. The van der Waals surface area contributed by atoms with Gasteiger partial charge in [0.15, 0.2) is 0 Å². The third kappa shape index (κ3) is 2.35. The van der Waals surface area contributed by atoms with Gasteiger partial charge in [0.2, 0.25) is 0 Å². The number of hydrazine groups is 1. The lowest BCUT2D eigenvalue weighted by molar-refractivity contribution is -0.383. The number of nitrogens with zero attached hydrogens (tertiary/aromatic N) is 3. The standard InChI is InChI=1S/C13H17N5O2/c1-3-9-8-10(4-2)17(16-9)12-7-5-6-11(15-14)13(12)18(19)20/h5-8,15H,3-4,14H2,1-2H3. The summed E-state index contributed by atoms with van der Waals surface area (Å²) in [4.78, 5) is 10.9. The first kappa shape index (κ1) is 14.0. The zero-order valence-corrected chi connectivity index (χ0v) is 11.5. The van der Waals surface area contributed by atoms with Gasteiger partial charge >= 0.3 is 5.69 Å². The Morgan fingerprint density at radius 3 is 2.70 bits per heavy atom. The molecule has 0 unspecified atom stereocenters. The Hall–Kier alpha value is -2.41. The van der Waals surface area contributed by atoms with E-state index in [0.29, 0.717) is 5.69 Å². The number of hydrogen-bond acceptors (Lipinski definition) is 5. The number of aromatic nitrogens is 2. The molecule has 0 saturated carbocycles. The van der Waals surface area contributed by atoms with Crippen LogP contribution in [0.2, 0.25) is 0 Å². The lowest BCUT2D eigenvalue weighted by atomic mass is 10.2. The summed E-state index contributed by atoms with van der Waals surface area (Å²) < 4.78 is 1.62. The van der Waals surface area contributed by atoms with Crippen molar-refractivity contribution in [3.8, 4) is 5.69 Å². The predicted molar refractivity (Wildman–Crippen MR) is 76.8 cm³/mol. The number of aryl methyl sites for hydroxylation is 2. The summed E-state index contributed by atoms with van der Waals surface area (Å²) in [6, 6.07) is 6.92. The minimum atomic E-state index is -0.447. The van der Waals surface area contributed by atoms with Crippen LogP contribution in [0, 0.1) is 10.1 Å². The second-order valence-electron chi connectivity index (χ2n) is 4.32. The van der Waals surface area contributed by atoms with Crippen LogP contribution in [0.4, 0.5) is 11.4 Å². The Bertz CT molecular complexity index is 636. The van der Waals surface area contributed by atoms with Gasteiger partial charge < -0.3 is 5.43 Å². The van der Waals surface area contributed by atoms with Crippen molar-refractivity contribution in [2.24, 2.45) is 5.84 Å². The zero-order valence-electron chi connectivity index (χ0n) is 11.5. The third-order valence-corrected chi connectivity index (χ3v) is 3.14. The molecule has 7 heteroatoms. The maximum atomic E-state index is 11.3. The Morgan fingerprint density at radius 1 is 1.40 bits per heavy atom. The van der Waals surface area contributed by atoms with Gasteiger partial charge in [0.25, 0.3) is 0 Å². The number of hydrogen-bond donors (Lipinski definition) is 2. The van der Waals surface area contributed by atoms with Crippen LogP contribution in [0.1, 0.15) is 25.2 Å². The molecular formula is C13H17N5O2. The van der Waals surface area contributed by atoms with Gasteiger partial charge in [-0.1, -0.05) is 19.9 Å². The molecular weight excluding hydrogens is 258 g/mol. The van der Waals surface area contributed by atoms with Crippen LogP contribution in [-0.4, -0.2) is 14.7 Å². The van der Waals surface area contributed by atoms with Crippen molar-refractivity contribution in [2.45, 2.75) is 26.7 Å². The number of anilines is 1. The summed E-state index contributed by atoms with van der Waals surface area (Å²) in [6.07, 6.45) is 1.52. The first-order valence-corrected chi connectivity index (χ1v) is 6.44. The van der Waals surface area contributed by atoms with Crippen molar-refractivity contribution < 1.29 is 4.92 Å². The lowest BCUT2D eigenvalue weighted by Gasteiger charge is -2.09. The Morgan fingerprint density at radius 2 is 2.15 bits per heavy atom. The monoisotopic (exact) mass is 275 g/mol. The minimum Gasteiger partial charge on any atom is -0.318 e. The van der Waals surface area contributed by atoms with Crippen LogP contribution < -0.4 is 11.3 Å². The van der Waals surface area contributed by atoms with Gasteiger partial charge in [-0.2, -0.15) is 5.10 Å². The average molecular weight is 275 g/mol. The number of nitrogens with one attached hydrogen (secondary N) is 1. The van der Waals surface area contributed by atoms with E-state index in [2.05, 4.69) is 10.5 Å². The number of nitro benzene ring substituents is 1. The topological polar surface area (TPSA) is 99.0 Å². The summed E-state index contributed by atoms with van der Waals surface area (Å²) in [6.45, 7) is 3.99. The molecule has 0 aliphatic heterocycles. The van der Waals surface area contributed by atoms with E-state index in [4.69, 9.17) is 5.84 Å². The van der Waals surface area contributed by atoms with Gasteiger partial charge in [-0.15, -0.1) is 0 Å². The van der Waals surface area contributed by atoms with Crippen molar-refractivity contribution in [2.75, 3.05) is 5.43 Å². The van der Waals surface area contributed by atoms with E-state index in [9.17, 15) is 10.1 Å². The van der Waals surface area contributed by atoms with E-state index < -0.39 is 4.92 Å². The maximum absolute atomic E-state index is 11.3. The minimum absolute atomic E-state index is 0.0737. The van der Waals surface area contributed by atoms with Gasteiger partial charge in [-0.3, -0.25) is 16.0 Å². The van der Waals surface area contributed by atoms with E-state index in [0.717, 1.165) is 24.2 Å². The van der Waals surface area contributed by atoms with Gasteiger partial charge in [-0.25, -0.2) is 4.68 Å². The van der Waals surface area contributed by atoms with Gasteiger partial charge in [0.05, 0.1) is 10.6 Å². The van der Waals surface area contributed by atoms with Crippen molar-refractivity contribution in [3.05, 3.63) is 45.8 Å². The fraction of sp³-hybridized carbons (Fsp3) is 0.308. The largest absolute Gasteiger partial charge is 0.319 e. The van der Waals surface area contributed by atoms with Crippen LogP contribution in [0.5, 0.6) is 0 Å². The maximum Gasteiger partial charge on any atom is 0.319 e. The van der Waals surface area contributed by atoms with Gasteiger partial charge in [0.1, 0.15) is 11.4 Å². The van der Waals surface area contributed by atoms with E-state index in [-0.39, 0.29) is 11.4 Å². The second-order valence-corrected chi connectivity index (χ2v) is 4.32. The molecule has 1 heterocycles. The van der Waals surface area contributed by atoms with Crippen molar-refractivity contribution in [3.63, 3.8) is 0 Å². The molecule has 7 nitrogen and oxygen atoms in total. The second kappa shape index (κ2) is 5.70. The van der Waals surface area contributed by atoms with Crippen LogP contribution in [0.3, 0.4) is 0 Å². The van der Waals surface area contributed by atoms with Crippen LogP contribution >= 0.6 is 0 Å². The number of nitro groups is 1. The van der Waals surface area contributed by atoms with Crippen LogP contribution in [0.15, 0.2) is 24.3 Å². The fourth-order valence-corrected chi connectivity index (χ4v) is 2.12. The molecule has 0 spiro atoms. The zero-order chi connectivity index (χ0) is 14.7. The Labute approximate surface area is 116 Å². The van der Waals surface area contributed by atoms with Gasteiger partial charge in [0, 0.05) is 5.69 Å². The summed E-state index contributed by atoms with van der Waals surface area (Å²) in [5.41, 5.74) is 4.81. The molecule has 0 atom stereocenters. The normalized spacial score (nSPS) is 10.6. The molecule has 3 N–H and O–H groups in total. The Balaban J connectivity index is 2.69. The molecule has 0 aliphatic rings. The van der Waals surface area contributed by atoms with E-state index >= 15 is 0 Å². The number of nitrogens with two attached hydrogens (primary N) is 1. The summed E-state index contributed by atoms with van der Waals surface area (Å²) >= 11 is 0. The lowest BCUT2D eigenvalue weighted by Crippen LogP contribution is -2.12. The molecule has 106 valence electrons. The molecule has 0 amide bonds. The molecule has 1 aromatic carbocycles. The van der Waals surface area contributed by atoms with Crippen molar-refractivity contribution in [1.82, 2.24) is 9.78 Å². The summed E-state index contributed by atoms with van der Waals surface area (Å²) in [5.74, 6) is 5.35. The predicted octanol–water partition coefficient (Wildman–Crippen LogP) is 2.19. The fourth-order valence-electron chi connectivity index (χ4n) is 2.12. The average Bonchev–Trinajstić information content (AvgIpc) is 2.89. The SMILES string of the molecule is CCc1cc(CC)n(-c2cccc(NN)c2[N+](=O)[O-])n1. The molecule has 0 bridgehead atoms.